The Kier molecular flexibility index (Phi) is 5.43. The Hall–Kier alpha value is -2.29. The summed E-state index contributed by atoms with van der Waals surface area (Å²) in [6.45, 7) is 15.5. The molecule has 1 aromatic carbocycles. The predicted octanol–water partition coefficient (Wildman–Crippen LogP) is 3.05. The Morgan fingerprint density at radius 2 is 1.91 bits per heavy atom. The van der Waals surface area contributed by atoms with Gasteiger partial charge in [0.15, 0.2) is 0 Å². The molecule has 3 nitrogen and oxygen atoms in total. The quantitative estimate of drug-likeness (QED) is 0.920. The van der Waals surface area contributed by atoms with Gasteiger partial charge in [-0.05, 0) is 46.3 Å². The lowest BCUT2D eigenvalue weighted by atomic mass is 10.1. The zero-order chi connectivity index (χ0) is 17.0. The lowest BCUT2D eigenvalue weighted by molar-refractivity contribution is 0.586. The summed E-state index contributed by atoms with van der Waals surface area (Å²) < 4.78 is 2.10. The average molecular weight is 309 g/mol. The summed E-state index contributed by atoms with van der Waals surface area (Å²) in [5.41, 5.74) is 4.78. The largest absolute Gasteiger partial charge is 0.379 e. The molecule has 0 fully saturated rings. The highest BCUT2D eigenvalue weighted by atomic mass is 15.1. The lowest BCUT2D eigenvalue weighted by Gasteiger charge is -2.09. The number of imidazole rings is 1. The van der Waals surface area contributed by atoms with Crippen LogP contribution in [0.5, 0.6) is 0 Å². The number of nitrogens with zero attached hydrogens (tertiary/aromatic N) is 2. The van der Waals surface area contributed by atoms with Crippen molar-refractivity contribution in [2.75, 3.05) is 0 Å². The average Bonchev–Trinajstić information content (AvgIpc) is 2.86. The molecule has 1 heterocycles. The van der Waals surface area contributed by atoms with Crippen LogP contribution in [0.15, 0.2) is 42.2 Å². The molecule has 23 heavy (non-hydrogen) atoms. The van der Waals surface area contributed by atoms with Crippen molar-refractivity contribution in [2.45, 2.75) is 47.2 Å². The smallest absolute Gasteiger partial charge is 0.111 e. The first-order valence-electron chi connectivity index (χ1n) is 8.09. The van der Waals surface area contributed by atoms with Crippen molar-refractivity contribution in [3.63, 3.8) is 0 Å². The third-order valence-corrected chi connectivity index (χ3v) is 3.74. The summed E-state index contributed by atoms with van der Waals surface area (Å²) >= 11 is 0. The molecule has 1 aromatic heterocycles. The first-order valence-corrected chi connectivity index (χ1v) is 8.09. The van der Waals surface area contributed by atoms with E-state index >= 15 is 0 Å². The molecule has 1 N–H and O–H groups in total. The number of benzene rings is 1. The molecule has 0 aliphatic carbocycles. The molecule has 0 spiro atoms. The highest BCUT2D eigenvalue weighted by Gasteiger charge is 2.04. The molecular weight excluding hydrogens is 282 g/mol. The zero-order valence-corrected chi connectivity index (χ0v) is 14.9. The van der Waals surface area contributed by atoms with Crippen LogP contribution < -0.4 is 16.0 Å². The lowest BCUT2D eigenvalue weighted by Crippen LogP contribution is -2.34. The van der Waals surface area contributed by atoms with Gasteiger partial charge in [-0.3, -0.25) is 0 Å². The molecule has 3 heteroatoms. The highest BCUT2D eigenvalue weighted by Crippen LogP contribution is 2.05. The molecule has 0 saturated heterocycles. The van der Waals surface area contributed by atoms with Crippen LogP contribution in [0.25, 0.3) is 12.3 Å². The normalized spacial score (nSPS) is 12.3. The van der Waals surface area contributed by atoms with Crippen LogP contribution in [0, 0.1) is 6.92 Å². The topological polar surface area (TPSA) is 29.9 Å². The number of rotatable bonds is 5. The maximum atomic E-state index is 4.57. The molecule has 0 aliphatic heterocycles. The van der Waals surface area contributed by atoms with Crippen molar-refractivity contribution in [2.24, 2.45) is 0 Å². The van der Waals surface area contributed by atoms with Gasteiger partial charge in [-0.2, -0.15) is 0 Å². The molecule has 122 valence electrons. The Labute approximate surface area is 139 Å². The van der Waals surface area contributed by atoms with Crippen molar-refractivity contribution in [3.8, 4) is 0 Å². The number of aryl methyl sites for hydroxylation is 1. The van der Waals surface area contributed by atoms with E-state index in [1.54, 1.807) is 0 Å². The number of hydrogen-bond donors (Lipinski definition) is 1. The third kappa shape index (κ3) is 4.35. The van der Waals surface area contributed by atoms with Gasteiger partial charge in [0.05, 0.1) is 17.4 Å². The SMILES string of the molecule is C=c1/c(=C(\C=C(C)C)NCc2ccc(C)cc2)ncn1C(C)C. The van der Waals surface area contributed by atoms with Gasteiger partial charge in [0, 0.05) is 12.6 Å². The summed E-state index contributed by atoms with van der Waals surface area (Å²) in [4.78, 5) is 4.57. The molecule has 0 bridgehead atoms. The van der Waals surface area contributed by atoms with Crippen molar-refractivity contribution in [3.05, 3.63) is 64.1 Å². The fourth-order valence-electron chi connectivity index (χ4n) is 2.45. The Balaban J connectivity index is 2.38. The molecule has 0 radical (unpaired) electrons. The summed E-state index contributed by atoms with van der Waals surface area (Å²) in [5, 5.41) is 5.39. The molecule has 2 aromatic rings. The van der Waals surface area contributed by atoms with Crippen LogP contribution >= 0.6 is 0 Å². The first-order chi connectivity index (χ1) is 10.9. The third-order valence-electron chi connectivity index (χ3n) is 3.74. The molecule has 2 rings (SSSR count). The Morgan fingerprint density at radius 1 is 1.26 bits per heavy atom. The molecular formula is C20H27N3. The van der Waals surface area contributed by atoms with Crippen LogP contribution in [-0.4, -0.2) is 9.55 Å². The predicted molar refractivity (Wildman–Crippen MR) is 98.2 cm³/mol. The second kappa shape index (κ2) is 7.32. The minimum Gasteiger partial charge on any atom is -0.379 e. The summed E-state index contributed by atoms with van der Waals surface area (Å²) in [6, 6.07) is 8.94. The number of allylic oxidation sites excluding steroid dienone is 1. The van der Waals surface area contributed by atoms with Crippen LogP contribution in [-0.2, 0) is 6.54 Å². The van der Waals surface area contributed by atoms with Gasteiger partial charge in [-0.15, -0.1) is 0 Å². The monoisotopic (exact) mass is 309 g/mol. The van der Waals surface area contributed by atoms with Crippen molar-refractivity contribution in [1.82, 2.24) is 14.9 Å². The maximum Gasteiger partial charge on any atom is 0.111 e. The van der Waals surface area contributed by atoms with E-state index in [1.165, 1.54) is 16.7 Å². The molecule has 0 amide bonds. The van der Waals surface area contributed by atoms with E-state index in [9.17, 15) is 0 Å². The van der Waals surface area contributed by atoms with Gasteiger partial charge in [-0.25, -0.2) is 4.98 Å². The van der Waals surface area contributed by atoms with Crippen LogP contribution in [0.4, 0.5) is 0 Å². The summed E-state index contributed by atoms with van der Waals surface area (Å²) in [5.74, 6) is 0. The van der Waals surface area contributed by atoms with Crippen LogP contribution in [0.1, 0.15) is 44.9 Å². The Bertz CT molecular complexity index is 788. The van der Waals surface area contributed by atoms with Crippen molar-refractivity contribution in [1.29, 1.82) is 0 Å². The van der Waals surface area contributed by atoms with Gasteiger partial charge in [0.2, 0.25) is 0 Å². The molecule has 0 aliphatic rings. The minimum atomic E-state index is 0.355. The van der Waals surface area contributed by atoms with E-state index in [4.69, 9.17) is 0 Å². The Morgan fingerprint density at radius 3 is 2.43 bits per heavy atom. The second-order valence-corrected chi connectivity index (χ2v) is 6.52. The molecule has 0 saturated carbocycles. The van der Waals surface area contributed by atoms with Gasteiger partial charge in [0.25, 0.3) is 0 Å². The minimum absolute atomic E-state index is 0.355. The van der Waals surface area contributed by atoms with E-state index in [-0.39, 0.29) is 0 Å². The highest BCUT2D eigenvalue weighted by molar-refractivity contribution is 5.54. The maximum absolute atomic E-state index is 4.57. The summed E-state index contributed by atoms with van der Waals surface area (Å²) in [7, 11) is 0. The fraction of sp³-hybridized carbons (Fsp3) is 0.350. The van der Waals surface area contributed by atoms with E-state index < -0.39 is 0 Å². The van der Waals surface area contributed by atoms with Crippen molar-refractivity contribution < 1.29 is 0 Å². The van der Waals surface area contributed by atoms with E-state index in [2.05, 4.69) is 86.4 Å². The van der Waals surface area contributed by atoms with Crippen LogP contribution in [0.3, 0.4) is 0 Å². The summed E-state index contributed by atoms with van der Waals surface area (Å²) in [6.07, 6.45) is 4.00. The number of aromatic nitrogens is 2. The van der Waals surface area contributed by atoms with Crippen LogP contribution in [0.2, 0.25) is 0 Å². The number of nitrogens with one attached hydrogen (secondary N) is 1. The van der Waals surface area contributed by atoms with E-state index in [0.29, 0.717) is 6.04 Å². The van der Waals surface area contributed by atoms with Gasteiger partial charge >= 0.3 is 0 Å². The second-order valence-electron chi connectivity index (χ2n) is 6.52. The molecule has 0 atom stereocenters. The van der Waals surface area contributed by atoms with E-state index in [0.717, 1.165) is 22.9 Å². The molecule has 0 unspecified atom stereocenters. The van der Waals surface area contributed by atoms with Gasteiger partial charge < -0.3 is 9.88 Å². The van der Waals surface area contributed by atoms with Crippen molar-refractivity contribution >= 4 is 12.3 Å². The van der Waals surface area contributed by atoms with E-state index in [1.807, 2.05) is 6.33 Å². The standard InChI is InChI=1S/C20H27N3/c1-14(2)11-19(20-17(6)23(13-22-20)15(3)4)21-12-18-9-7-16(5)8-10-18/h7-11,13,15,21H,6,12H2,1-5H3/b20-19-. The van der Waals surface area contributed by atoms with Gasteiger partial charge in [-0.1, -0.05) is 42.0 Å². The number of hydrogen-bond acceptors (Lipinski definition) is 2. The zero-order valence-electron chi connectivity index (χ0n) is 14.9. The fourth-order valence-corrected chi connectivity index (χ4v) is 2.45. The van der Waals surface area contributed by atoms with Gasteiger partial charge in [0.1, 0.15) is 5.35 Å². The first kappa shape index (κ1) is 17.1.